The quantitative estimate of drug-likeness (QED) is 0.664. The average Bonchev–Trinajstić information content (AvgIpc) is 2.01. The van der Waals surface area contributed by atoms with Crippen molar-refractivity contribution in [3.05, 3.63) is 17.5 Å². The maximum Gasteiger partial charge on any atom is 0.151 e. The Morgan fingerprint density at radius 3 is 2.92 bits per heavy atom. The highest BCUT2D eigenvalue weighted by Gasteiger charge is 2.28. The molecular formula is C7H7ClFN3. The van der Waals surface area contributed by atoms with Gasteiger partial charge in [-0.25, -0.2) is 14.4 Å². The first kappa shape index (κ1) is 7.73. The Balaban J connectivity index is 2.18. The van der Waals surface area contributed by atoms with Crippen molar-refractivity contribution < 1.29 is 4.39 Å². The molecular weight excluding hydrogens is 181 g/mol. The second-order valence-electron chi connectivity index (χ2n) is 2.70. The third kappa shape index (κ3) is 1.22. The van der Waals surface area contributed by atoms with E-state index in [4.69, 9.17) is 11.6 Å². The standard InChI is InChI=1S/C7H7ClFN3/c8-6-1-10-4-11-7(6)12-2-5(9)3-12/h1,4-5H,2-3H2. The number of anilines is 1. The van der Waals surface area contributed by atoms with Crippen molar-refractivity contribution >= 4 is 17.4 Å². The first-order chi connectivity index (χ1) is 5.77. The summed E-state index contributed by atoms with van der Waals surface area (Å²) in [5, 5.41) is 0.476. The van der Waals surface area contributed by atoms with Crippen molar-refractivity contribution in [2.45, 2.75) is 6.17 Å². The summed E-state index contributed by atoms with van der Waals surface area (Å²) >= 11 is 5.79. The van der Waals surface area contributed by atoms with Gasteiger partial charge in [0.25, 0.3) is 0 Å². The molecule has 3 nitrogen and oxygen atoms in total. The van der Waals surface area contributed by atoms with E-state index < -0.39 is 6.17 Å². The number of hydrogen-bond acceptors (Lipinski definition) is 3. The number of rotatable bonds is 1. The van der Waals surface area contributed by atoms with Crippen LogP contribution in [0.3, 0.4) is 0 Å². The van der Waals surface area contributed by atoms with Crippen LogP contribution in [0.2, 0.25) is 5.02 Å². The van der Waals surface area contributed by atoms with Gasteiger partial charge in [0.15, 0.2) is 5.82 Å². The van der Waals surface area contributed by atoms with E-state index in [0.717, 1.165) is 0 Å². The van der Waals surface area contributed by atoms with Crippen LogP contribution in [0, 0.1) is 0 Å². The molecule has 0 radical (unpaired) electrons. The fourth-order valence-corrected chi connectivity index (χ4v) is 1.36. The Morgan fingerprint density at radius 1 is 1.58 bits per heavy atom. The predicted octanol–water partition coefficient (Wildman–Crippen LogP) is 1.29. The van der Waals surface area contributed by atoms with E-state index in [-0.39, 0.29) is 0 Å². The molecule has 2 rings (SSSR count). The average molecular weight is 188 g/mol. The Bertz CT molecular complexity index is 288. The Morgan fingerprint density at radius 2 is 2.33 bits per heavy atom. The van der Waals surface area contributed by atoms with Crippen molar-refractivity contribution in [3.8, 4) is 0 Å². The molecule has 1 aliphatic rings. The van der Waals surface area contributed by atoms with Gasteiger partial charge in [-0.2, -0.15) is 0 Å². The molecule has 0 atom stereocenters. The van der Waals surface area contributed by atoms with Crippen LogP contribution in [0.15, 0.2) is 12.5 Å². The van der Waals surface area contributed by atoms with E-state index in [1.807, 2.05) is 0 Å². The SMILES string of the molecule is FC1CN(c2ncncc2Cl)C1. The highest BCUT2D eigenvalue weighted by Crippen LogP contribution is 2.26. The van der Waals surface area contributed by atoms with Crippen LogP contribution in [-0.4, -0.2) is 29.2 Å². The number of alkyl halides is 1. The summed E-state index contributed by atoms with van der Waals surface area (Å²) in [7, 11) is 0. The first-order valence-corrected chi connectivity index (χ1v) is 3.99. The molecule has 0 unspecified atom stereocenters. The largest absolute Gasteiger partial charge is 0.349 e. The maximum absolute atomic E-state index is 12.5. The molecule has 1 aliphatic heterocycles. The highest BCUT2D eigenvalue weighted by atomic mass is 35.5. The van der Waals surface area contributed by atoms with E-state index in [0.29, 0.717) is 23.9 Å². The summed E-state index contributed by atoms with van der Waals surface area (Å²) in [4.78, 5) is 9.48. The van der Waals surface area contributed by atoms with Gasteiger partial charge in [-0.3, -0.25) is 0 Å². The van der Waals surface area contributed by atoms with Crippen LogP contribution in [0.4, 0.5) is 10.2 Å². The fourth-order valence-electron chi connectivity index (χ4n) is 1.14. The van der Waals surface area contributed by atoms with Crippen LogP contribution in [0.25, 0.3) is 0 Å². The molecule has 2 heterocycles. The van der Waals surface area contributed by atoms with Gasteiger partial charge >= 0.3 is 0 Å². The zero-order valence-corrected chi connectivity index (χ0v) is 7.00. The third-order valence-electron chi connectivity index (χ3n) is 1.78. The van der Waals surface area contributed by atoms with E-state index in [1.165, 1.54) is 12.5 Å². The van der Waals surface area contributed by atoms with Crippen molar-refractivity contribution in [1.82, 2.24) is 9.97 Å². The first-order valence-electron chi connectivity index (χ1n) is 3.62. The summed E-state index contributed by atoms with van der Waals surface area (Å²) in [6.45, 7) is 0.771. The topological polar surface area (TPSA) is 29.0 Å². The van der Waals surface area contributed by atoms with E-state index in [1.54, 1.807) is 4.90 Å². The number of hydrogen-bond donors (Lipinski definition) is 0. The molecule has 0 bridgehead atoms. The molecule has 0 aromatic carbocycles. The van der Waals surface area contributed by atoms with E-state index in [9.17, 15) is 4.39 Å². The minimum Gasteiger partial charge on any atom is -0.349 e. The van der Waals surface area contributed by atoms with Crippen molar-refractivity contribution in [2.24, 2.45) is 0 Å². The highest BCUT2D eigenvalue weighted by molar-refractivity contribution is 6.32. The number of nitrogens with zero attached hydrogens (tertiary/aromatic N) is 3. The smallest absolute Gasteiger partial charge is 0.151 e. The summed E-state index contributed by atoms with van der Waals surface area (Å²) in [6.07, 6.45) is 2.18. The molecule has 0 amide bonds. The van der Waals surface area contributed by atoms with E-state index >= 15 is 0 Å². The lowest BCUT2D eigenvalue weighted by Gasteiger charge is -2.35. The molecule has 0 N–H and O–H groups in total. The number of halogens is 2. The van der Waals surface area contributed by atoms with Crippen LogP contribution in [0.5, 0.6) is 0 Å². The summed E-state index contributed by atoms with van der Waals surface area (Å²) in [6, 6.07) is 0. The maximum atomic E-state index is 12.5. The number of aromatic nitrogens is 2. The zero-order chi connectivity index (χ0) is 8.55. The van der Waals surface area contributed by atoms with E-state index in [2.05, 4.69) is 9.97 Å². The Kier molecular flexibility index (Phi) is 1.84. The van der Waals surface area contributed by atoms with Gasteiger partial charge < -0.3 is 4.90 Å². The van der Waals surface area contributed by atoms with Crippen LogP contribution in [0.1, 0.15) is 0 Å². The normalized spacial score (nSPS) is 17.7. The zero-order valence-electron chi connectivity index (χ0n) is 6.24. The van der Waals surface area contributed by atoms with Crippen molar-refractivity contribution in [2.75, 3.05) is 18.0 Å². The lowest BCUT2D eigenvalue weighted by Crippen LogP contribution is -2.49. The molecule has 1 fully saturated rings. The van der Waals surface area contributed by atoms with Gasteiger partial charge in [0.05, 0.1) is 19.3 Å². The summed E-state index contributed by atoms with van der Waals surface area (Å²) < 4.78 is 12.5. The second kappa shape index (κ2) is 2.86. The molecule has 0 aliphatic carbocycles. The molecule has 0 saturated carbocycles. The fraction of sp³-hybridized carbons (Fsp3) is 0.429. The molecule has 12 heavy (non-hydrogen) atoms. The summed E-state index contributed by atoms with van der Waals surface area (Å²) in [5.41, 5.74) is 0. The molecule has 1 saturated heterocycles. The molecule has 5 heteroatoms. The van der Waals surface area contributed by atoms with Gasteiger partial charge in [0.2, 0.25) is 0 Å². The Labute approximate surface area is 74.2 Å². The van der Waals surface area contributed by atoms with Gasteiger partial charge in [0, 0.05) is 0 Å². The van der Waals surface area contributed by atoms with Gasteiger partial charge in [0.1, 0.15) is 17.5 Å². The Hall–Kier alpha value is -0.900. The van der Waals surface area contributed by atoms with Crippen molar-refractivity contribution in [3.63, 3.8) is 0 Å². The lowest BCUT2D eigenvalue weighted by atomic mass is 10.2. The molecule has 1 aromatic heterocycles. The van der Waals surface area contributed by atoms with Gasteiger partial charge in [-0.1, -0.05) is 11.6 Å². The van der Waals surface area contributed by atoms with Crippen LogP contribution < -0.4 is 4.90 Å². The van der Waals surface area contributed by atoms with Crippen molar-refractivity contribution in [1.29, 1.82) is 0 Å². The van der Waals surface area contributed by atoms with Crippen LogP contribution >= 0.6 is 11.6 Å². The van der Waals surface area contributed by atoms with Crippen LogP contribution in [-0.2, 0) is 0 Å². The molecule has 0 spiro atoms. The van der Waals surface area contributed by atoms with Gasteiger partial charge in [-0.05, 0) is 0 Å². The van der Waals surface area contributed by atoms with Gasteiger partial charge in [-0.15, -0.1) is 0 Å². The monoisotopic (exact) mass is 187 g/mol. The molecule has 64 valence electrons. The molecule has 1 aromatic rings. The third-order valence-corrected chi connectivity index (χ3v) is 2.05. The summed E-state index contributed by atoms with van der Waals surface area (Å²) in [5.74, 6) is 0.626. The minimum absolute atomic E-state index is 0.386. The minimum atomic E-state index is -0.740. The lowest BCUT2D eigenvalue weighted by molar-refractivity contribution is 0.273. The predicted molar refractivity (Wildman–Crippen MR) is 44.2 cm³/mol. The second-order valence-corrected chi connectivity index (χ2v) is 3.10.